The Labute approximate surface area is 180 Å². The predicted molar refractivity (Wildman–Crippen MR) is 115 cm³/mol. The number of hydrogen-bond donors (Lipinski definition) is 0. The highest BCUT2D eigenvalue weighted by Gasteiger charge is 2.53. The van der Waals surface area contributed by atoms with Crippen LogP contribution in [0.5, 0.6) is 0 Å². The van der Waals surface area contributed by atoms with Crippen molar-refractivity contribution in [1.82, 2.24) is 4.98 Å². The number of methoxy groups -OCH3 is 2. The molecule has 1 aliphatic rings. The van der Waals surface area contributed by atoms with E-state index in [1.165, 1.54) is 14.2 Å². The van der Waals surface area contributed by atoms with Gasteiger partial charge >= 0.3 is 11.9 Å². The van der Waals surface area contributed by atoms with E-state index in [4.69, 9.17) is 9.47 Å². The van der Waals surface area contributed by atoms with Gasteiger partial charge in [-0.3, -0.25) is 14.4 Å². The van der Waals surface area contributed by atoms with Gasteiger partial charge in [0.1, 0.15) is 5.69 Å². The molecule has 0 fully saturated rings. The quantitative estimate of drug-likeness (QED) is 0.367. The number of nitrogens with zero attached hydrogens (tertiary/aromatic N) is 1. The summed E-state index contributed by atoms with van der Waals surface area (Å²) in [5.41, 5.74) is 2.30. The summed E-state index contributed by atoms with van der Waals surface area (Å²) in [7, 11) is 2.51. The van der Waals surface area contributed by atoms with Gasteiger partial charge in [0.15, 0.2) is 5.41 Å². The number of ketones is 1. The van der Waals surface area contributed by atoms with Crippen LogP contribution in [-0.2, 0) is 31.9 Å². The molecule has 0 saturated carbocycles. The molecule has 0 unspecified atom stereocenters. The van der Waals surface area contributed by atoms with Crippen LogP contribution in [0.3, 0.4) is 0 Å². The molecule has 1 aliphatic carbocycles. The van der Waals surface area contributed by atoms with Crippen molar-refractivity contribution in [2.45, 2.75) is 26.7 Å². The molecule has 2 aromatic carbocycles. The summed E-state index contributed by atoms with van der Waals surface area (Å²) >= 11 is 0. The first-order valence-corrected chi connectivity index (χ1v) is 10.0. The lowest BCUT2D eigenvalue weighted by molar-refractivity contribution is -0.168. The maximum atomic E-state index is 13.4. The summed E-state index contributed by atoms with van der Waals surface area (Å²) in [4.78, 5) is 43.1. The van der Waals surface area contributed by atoms with Gasteiger partial charge in [-0.2, -0.15) is 0 Å². The maximum absolute atomic E-state index is 13.4. The van der Waals surface area contributed by atoms with Gasteiger partial charge in [-0.15, -0.1) is 0 Å². The smallest absolute Gasteiger partial charge is 0.323 e. The van der Waals surface area contributed by atoms with Gasteiger partial charge < -0.3 is 9.47 Å². The van der Waals surface area contributed by atoms with E-state index in [1.807, 2.05) is 43.3 Å². The summed E-state index contributed by atoms with van der Waals surface area (Å²) in [6.07, 6.45) is 0.265. The number of carbonyl (C=O) groups excluding carboxylic acids is 3. The second-order valence-electron chi connectivity index (χ2n) is 7.94. The summed E-state index contributed by atoms with van der Waals surface area (Å²) in [5.74, 6) is -1.48. The fourth-order valence-corrected chi connectivity index (χ4v) is 4.50. The van der Waals surface area contributed by atoms with Crippen molar-refractivity contribution in [1.29, 1.82) is 0 Å². The fourth-order valence-electron chi connectivity index (χ4n) is 4.50. The van der Waals surface area contributed by atoms with E-state index in [0.29, 0.717) is 22.5 Å². The summed E-state index contributed by atoms with van der Waals surface area (Å²) in [6.45, 7) is 3.60. The standard InChI is InChI=1S/C25H23NO5/c1-14-19-12-25(23(28)30-3,24(29)31-4)13-20(19)15(2)26-21(14)22(27)18-10-9-16-7-5-6-8-17(16)11-18/h5-11H,12-13H2,1-4H3. The Morgan fingerprint density at radius 3 is 2.13 bits per heavy atom. The molecule has 0 bridgehead atoms. The number of benzene rings is 2. The van der Waals surface area contributed by atoms with E-state index in [0.717, 1.165) is 21.9 Å². The molecular formula is C25H23NO5. The van der Waals surface area contributed by atoms with Gasteiger partial charge in [-0.05, 0) is 47.4 Å². The average Bonchev–Trinajstić information content (AvgIpc) is 3.22. The molecule has 6 nitrogen and oxygen atoms in total. The second-order valence-corrected chi connectivity index (χ2v) is 7.94. The molecule has 4 rings (SSSR count). The van der Waals surface area contributed by atoms with Crippen molar-refractivity contribution in [2.75, 3.05) is 14.2 Å². The van der Waals surface area contributed by atoms with Crippen LogP contribution in [0, 0.1) is 19.3 Å². The van der Waals surface area contributed by atoms with Gasteiger partial charge in [0.05, 0.1) is 14.2 Å². The molecule has 0 radical (unpaired) electrons. The van der Waals surface area contributed by atoms with Crippen LogP contribution >= 0.6 is 0 Å². The van der Waals surface area contributed by atoms with Crippen molar-refractivity contribution in [3.8, 4) is 0 Å². The minimum atomic E-state index is -1.45. The Balaban J connectivity index is 1.80. The van der Waals surface area contributed by atoms with E-state index in [1.54, 1.807) is 13.0 Å². The third kappa shape index (κ3) is 3.19. The molecule has 1 heterocycles. The average molecular weight is 417 g/mol. The maximum Gasteiger partial charge on any atom is 0.323 e. The fraction of sp³-hybridized carbons (Fsp3) is 0.280. The lowest BCUT2D eigenvalue weighted by atomic mass is 9.84. The molecule has 158 valence electrons. The SMILES string of the molecule is COC(=O)C1(C(=O)OC)Cc2c(C)nc(C(=O)c3ccc4ccccc4c3)c(C)c2C1. The monoisotopic (exact) mass is 417 g/mol. The highest BCUT2D eigenvalue weighted by Crippen LogP contribution is 2.42. The number of hydrogen-bond acceptors (Lipinski definition) is 6. The van der Waals surface area contributed by atoms with Crippen LogP contribution in [0.15, 0.2) is 42.5 Å². The van der Waals surface area contributed by atoms with E-state index in [9.17, 15) is 14.4 Å². The molecule has 0 atom stereocenters. The molecule has 0 aliphatic heterocycles. The van der Waals surface area contributed by atoms with Gasteiger partial charge in [0.2, 0.25) is 5.78 Å². The zero-order valence-corrected chi connectivity index (χ0v) is 17.9. The van der Waals surface area contributed by atoms with Gasteiger partial charge in [-0.1, -0.05) is 36.4 Å². The lowest BCUT2D eigenvalue weighted by Crippen LogP contribution is -2.42. The van der Waals surface area contributed by atoms with Gasteiger partial charge in [0, 0.05) is 24.1 Å². The Bertz CT molecular complexity index is 1230. The number of rotatable bonds is 4. The molecule has 0 N–H and O–H groups in total. The first-order valence-electron chi connectivity index (χ1n) is 10.0. The summed E-state index contributed by atoms with van der Waals surface area (Å²) in [6, 6.07) is 13.4. The van der Waals surface area contributed by atoms with Crippen molar-refractivity contribution < 1.29 is 23.9 Å². The van der Waals surface area contributed by atoms with Crippen LogP contribution in [0.25, 0.3) is 10.8 Å². The molecule has 3 aromatic rings. The Morgan fingerprint density at radius 2 is 1.48 bits per heavy atom. The number of pyridine rings is 1. The predicted octanol–water partition coefficient (Wildman–Crippen LogP) is 3.51. The Morgan fingerprint density at radius 1 is 0.871 bits per heavy atom. The lowest BCUT2D eigenvalue weighted by Gasteiger charge is -2.22. The number of ether oxygens (including phenoxy) is 2. The first kappa shape index (κ1) is 20.7. The number of aryl methyl sites for hydroxylation is 1. The van der Waals surface area contributed by atoms with Crippen LogP contribution in [-0.4, -0.2) is 36.9 Å². The van der Waals surface area contributed by atoms with E-state index < -0.39 is 17.4 Å². The largest absolute Gasteiger partial charge is 0.468 e. The summed E-state index contributed by atoms with van der Waals surface area (Å²) < 4.78 is 9.86. The van der Waals surface area contributed by atoms with Crippen LogP contribution in [0.4, 0.5) is 0 Å². The Kier molecular flexibility index (Phi) is 5.09. The van der Waals surface area contributed by atoms with Crippen LogP contribution < -0.4 is 0 Å². The van der Waals surface area contributed by atoms with Crippen molar-refractivity contribution in [3.05, 3.63) is 76.1 Å². The third-order valence-electron chi connectivity index (χ3n) is 6.22. The number of aromatic nitrogens is 1. The normalized spacial score (nSPS) is 14.2. The minimum Gasteiger partial charge on any atom is -0.468 e. The Hall–Kier alpha value is -3.54. The van der Waals surface area contributed by atoms with E-state index in [-0.39, 0.29) is 18.6 Å². The molecule has 0 spiro atoms. The van der Waals surface area contributed by atoms with Crippen LogP contribution in [0.1, 0.15) is 38.4 Å². The number of fused-ring (bicyclic) bond motifs is 2. The number of carbonyl (C=O) groups is 3. The molecule has 1 aromatic heterocycles. The zero-order chi connectivity index (χ0) is 22.3. The van der Waals surface area contributed by atoms with E-state index >= 15 is 0 Å². The van der Waals surface area contributed by atoms with Crippen molar-refractivity contribution in [2.24, 2.45) is 5.41 Å². The summed E-state index contributed by atoms with van der Waals surface area (Å²) in [5, 5.41) is 2.02. The van der Waals surface area contributed by atoms with E-state index in [2.05, 4.69) is 4.98 Å². The van der Waals surface area contributed by atoms with Crippen molar-refractivity contribution >= 4 is 28.5 Å². The molecular weight excluding hydrogens is 394 g/mol. The minimum absolute atomic E-state index is 0.120. The van der Waals surface area contributed by atoms with Gasteiger partial charge in [0.25, 0.3) is 0 Å². The highest BCUT2D eigenvalue weighted by atomic mass is 16.5. The highest BCUT2D eigenvalue weighted by molar-refractivity contribution is 6.11. The molecule has 0 saturated heterocycles. The van der Waals surface area contributed by atoms with Crippen LogP contribution in [0.2, 0.25) is 0 Å². The molecule has 6 heteroatoms. The second kappa shape index (κ2) is 7.61. The zero-order valence-electron chi connectivity index (χ0n) is 17.9. The third-order valence-corrected chi connectivity index (χ3v) is 6.22. The molecule has 0 amide bonds. The molecule has 31 heavy (non-hydrogen) atoms. The first-order chi connectivity index (χ1) is 14.8. The number of esters is 2. The van der Waals surface area contributed by atoms with Crippen molar-refractivity contribution in [3.63, 3.8) is 0 Å². The van der Waals surface area contributed by atoms with Gasteiger partial charge in [-0.25, -0.2) is 4.98 Å². The topological polar surface area (TPSA) is 82.6 Å².